The fourth-order valence-electron chi connectivity index (χ4n) is 2.86. The molecular weight excluding hydrogens is 238 g/mol. The molecule has 2 aromatic rings. The van der Waals surface area contributed by atoms with E-state index in [2.05, 4.69) is 0 Å². The lowest BCUT2D eigenvalue weighted by Gasteiger charge is -2.07. The van der Waals surface area contributed by atoms with Gasteiger partial charge in [0.15, 0.2) is 5.78 Å². The van der Waals surface area contributed by atoms with Gasteiger partial charge in [0.2, 0.25) is 0 Å². The number of ketones is 1. The molecule has 0 bridgehead atoms. The van der Waals surface area contributed by atoms with Gasteiger partial charge in [-0.1, -0.05) is 18.2 Å². The fourth-order valence-corrected chi connectivity index (χ4v) is 2.86. The van der Waals surface area contributed by atoms with Crippen LogP contribution in [-0.4, -0.2) is 23.1 Å². The van der Waals surface area contributed by atoms with Gasteiger partial charge in [0.05, 0.1) is 6.10 Å². The molecule has 1 aliphatic heterocycles. The van der Waals surface area contributed by atoms with Crippen LogP contribution in [0, 0.1) is 0 Å². The van der Waals surface area contributed by atoms with E-state index in [1.54, 1.807) is 0 Å². The normalized spacial score (nSPS) is 19.1. The summed E-state index contributed by atoms with van der Waals surface area (Å²) in [6.07, 6.45) is 5.90. The predicted molar refractivity (Wildman–Crippen MR) is 75.5 cm³/mol. The van der Waals surface area contributed by atoms with Crippen molar-refractivity contribution in [1.82, 2.24) is 4.57 Å². The lowest BCUT2D eigenvalue weighted by molar-refractivity contribution is 0.0860. The van der Waals surface area contributed by atoms with Gasteiger partial charge in [0.25, 0.3) is 0 Å². The standard InChI is InChI=1S/C16H19NO2/c1-17-11-14(13-6-2-3-7-15(13)17)16(18)9-8-12-5-4-10-19-12/h2-3,6-7,11-12H,4-5,8-10H2,1H3. The van der Waals surface area contributed by atoms with E-state index in [9.17, 15) is 4.79 Å². The smallest absolute Gasteiger partial charge is 0.165 e. The number of aryl methyl sites for hydroxylation is 1. The molecule has 1 atom stereocenters. The van der Waals surface area contributed by atoms with Crippen LogP contribution in [0.3, 0.4) is 0 Å². The molecule has 0 radical (unpaired) electrons. The summed E-state index contributed by atoms with van der Waals surface area (Å²) in [4.78, 5) is 12.4. The van der Waals surface area contributed by atoms with Gasteiger partial charge in [-0.3, -0.25) is 4.79 Å². The number of benzene rings is 1. The van der Waals surface area contributed by atoms with Crippen molar-refractivity contribution in [1.29, 1.82) is 0 Å². The first-order valence-electron chi connectivity index (χ1n) is 6.94. The third-order valence-corrected chi connectivity index (χ3v) is 3.91. The summed E-state index contributed by atoms with van der Waals surface area (Å²) < 4.78 is 7.60. The highest BCUT2D eigenvalue weighted by Crippen LogP contribution is 2.23. The fraction of sp³-hybridized carbons (Fsp3) is 0.438. The highest BCUT2D eigenvalue weighted by atomic mass is 16.5. The van der Waals surface area contributed by atoms with E-state index in [1.165, 1.54) is 0 Å². The molecule has 100 valence electrons. The number of carbonyl (C=O) groups excluding carboxylic acids is 1. The van der Waals surface area contributed by atoms with E-state index in [1.807, 2.05) is 42.1 Å². The Bertz CT molecular complexity index is 594. The van der Waals surface area contributed by atoms with E-state index < -0.39 is 0 Å². The van der Waals surface area contributed by atoms with Crippen molar-refractivity contribution < 1.29 is 9.53 Å². The molecule has 1 aliphatic rings. The summed E-state index contributed by atoms with van der Waals surface area (Å²) in [5.74, 6) is 0.229. The van der Waals surface area contributed by atoms with Crippen LogP contribution in [0.25, 0.3) is 10.9 Å². The number of hydrogen-bond acceptors (Lipinski definition) is 2. The topological polar surface area (TPSA) is 31.2 Å². The predicted octanol–water partition coefficient (Wildman–Crippen LogP) is 3.32. The van der Waals surface area contributed by atoms with E-state index >= 15 is 0 Å². The van der Waals surface area contributed by atoms with Gasteiger partial charge in [-0.05, 0) is 25.3 Å². The number of fused-ring (bicyclic) bond motifs is 1. The zero-order valence-electron chi connectivity index (χ0n) is 11.3. The second-order valence-electron chi connectivity index (χ2n) is 5.27. The van der Waals surface area contributed by atoms with Crippen molar-refractivity contribution >= 4 is 16.7 Å². The Hall–Kier alpha value is -1.61. The van der Waals surface area contributed by atoms with Crippen LogP contribution in [-0.2, 0) is 11.8 Å². The molecule has 2 heterocycles. The summed E-state index contributed by atoms with van der Waals surface area (Å²) in [7, 11) is 1.99. The minimum atomic E-state index is 0.229. The van der Waals surface area contributed by atoms with Gasteiger partial charge in [-0.2, -0.15) is 0 Å². The van der Waals surface area contributed by atoms with Crippen LogP contribution in [0.5, 0.6) is 0 Å². The molecular formula is C16H19NO2. The summed E-state index contributed by atoms with van der Waals surface area (Å²) in [5.41, 5.74) is 1.96. The number of hydrogen-bond donors (Lipinski definition) is 0. The van der Waals surface area contributed by atoms with Crippen LogP contribution in [0.4, 0.5) is 0 Å². The summed E-state index contributed by atoms with van der Waals surface area (Å²) in [6, 6.07) is 8.06. The van der Waals surface area contributed by atoms with Crippen LogP contribution >= 0.6 is 0 Å². The molecule has 3 rings (SSSR count). The molecule has 0 spiro atoms. The molecule has 3 nitrogen and oxygen atoms in total. The van der Waals surface area contributed by atoms with Gasteiger partial charge in [0, 0.05) is 42.7 Å². The molecule has 0 saturated carbocycles. The molecule has 19 heavy (non-hydrogen) atoms. The van der Waals surface area contributed by atoms with Crippen molar-refractivity contribution in [3.05, 3.63) is 36.0 Å². The number of para-hydroxylation sites is 1. The Morgan fingerprint density at radius 3 is 3.05 bits per heavy atom. The van der Waals surface area contributed by atoms with Crippen molar-refractivity contribution in [2.24, 2.45) is 7.05 Å². The van der Waals surface area contributed by atoms with Crippen LogP contribution in [0.2, 0.25) is 0 Å². The first kappa shape index (κ1) is 12.4. The van der Waals surface area contributed by atoms with Gasteiger partial charge in [-0.15, -0.1) is 0 Å². The Labute approximate surface area is 113 Å². The SMILES string of the molecule is Cn1cc(C(=O)CCC2CCCO2)c2ccccc21. The van der Waals surface area contributed by atoms with Crippen molar-refractivity contribution in [3.8, 4) is 0 Å². The number of rotatable bonds is 4. The summed E-state index contributed by atoms with van der Waals surface area (Å²) >= 11 is 0. The number of ether oxygens (including phenoxy) is 1. The van der Waals surface area contributed by atoms with Gasteiger partial charge < -0.3 is 9.30 Å². The van der Waals surface area contributed by atoms with Crippen molar-refractivity contribution in [2.45, 2.75) is 31.8 Å². The molecule has 0 aliphatic carbocycles. The molecule has 3 heteroatoms. The quantitative estimate of drug-likeness (QED) is 0.787. The number of Topliss-reactive ketones (excluding diaryl/α,β-unsaturated/α-hetero) is 1. The van der Waals surface area contributed by atoms with Crippen LogP contribution in [0.15, 0.2) is 30.5 Å². The number of aromatic nitrogens is 1. The Balaban J connectivity index is 1.77. The number of carbonyl (C=O) groups is 1. The zero-order valence-corrected chi connectivity index (χ0v) is 11.3. The highest BCUT2D eigenvalue weighted by Gasteiger charge is 2.19. The zero-order chi connectivity index (χ0) is 13.2. The highest BCUT2D eigenvalue weighted by molar-refractivity contribution is 6.08. The van der Waals surface area contributed by atoms with Gasteiger partial charge >= 0.3 is 0 Å². The van der Waals surface area contributed by atoms with Crippen molar-refractivity contribution in [2.75, 3.05) is 6.61 Å². The lowest BCUT2D eigenvalue weighted by Crippen LogP contribution is -2.08. The van der Waals surface area contributed by atoms with Crippen LogP contribution in [0.1, 0.15) is 36.0 Å². The van der Waals surface area contributed by atoms with Crippen molar-refractivity contribution in [3.63, 3.8) is 0 Å². The van der Waals surface area contributed by atoms with E-state index in [-0.39, 0.29) is 5.78 Å². The largest absolute Gasteiger partial charge is 0.378 e. The van der Waals surface area contributed by atoms with Gasteiger partial charge in [-0.25, -0.2) is 0 Å². The maximum atomic E-state index is 12.4. The van der Waals surface area contributed by atoms with Gasteiger partial charge in [0.1, 0.15) is 0 Å². The minimum absolute atomic E-state index is 0.229. The first-order chi connectivity index (χ1) is 9.25. The third kappa shape index (κ3) is 2.43. The monoisotopic (exact) mass is 257 g/mol. The average Bonchev–Trinajstić information content (AvgIpc) is 3.05. The minimum Gasteiger partial charge on any atom is -0.378 e. The second-order valence-corrected chi connectivity index (χ2v) is 5.27. The van der Waals surface area contributed by atoms with E-state index in [4.69, 9.17) is 4.74 Å². The van der Waals surface area contributed by atoms with E-state index in [0.29, 0.717) is 12.5 Å². The summed E-state index contributed by atoms with van der Waals surface area (Å²) in [5, 5.41) is 1.06. The van der Waals surface area contributed by atoms with E-state index in [0.717, 1.165) is 42.3 Å². The average molecular weight is 257 g/mol. The molecule has 1 aromatic carbocycles. The molecule has 1 aromatic heterocycles. The Kier molecular flexibility index (Phi) is 3.38. The Morgan fingerprint density at radius 2 is 2.26 bits per heavy atom. The second kappa shape index (κ2) is 5.17. The maximum Gasteiger partial charge on any atom is 0.165 e. The Morgan fingerprint density at radius 1 is 1.42 bits per heavy atom. The van der Waals surface area contributed by atoms with Crippen LogP contribution < -0.4 is 0 Å². The summed E-state index contributed by atoms with van der Waals surface area (Å²) in [6.45, 7) is 0.854. The molecule has 1 saturated heterocycles. The first-order valence-corrected chi connectivity index (χ1v) is 6.94. The number of nitrogens with zero attached hydrogens (tertiary/aromatic N) is 1. The molecule has 0 amide bonds. The lowest BCUT2D eigenvalue weighted by atomic mass is 10.0. The maximum absolute atomic E-state index is 12.4. The molecule has 1 fully saturated rings. The third-order valence-electron chi connectivity index (χ3n) is 3.91. The molecule has 0 N–H and O–H groups in total. The molecule has 1 unspecified atom stereocenters.